The lowest BCUT2D eigenvalue weighted by molar-refractivity contribution is 0.589. The van der Waals surface area contributed by atoms with Crippen LogP contribution in [0.4, 0.5) is 10.1 Å². The highest BCUT2D eigenvalue weighted by atomic mass is 19.1. The van der Waals surface area contributed by atoms with Gasteiger partial charge in [0, 0.05) is 72.5 Å². The molecule has 0 spiro atoms. The first-order valence-corrected chi connectivity index (χ1v) is 11.5. The number of piperazine rings is 1. The van der Waals surface area contributed by atoms with Crippen molar-refractivity contribution in [1.82, 2.24) is 25.1 Å². The van der Waals surface area contributed by atoms with Crippen molar-refractivity contribution in [1.29, 1.82) is 0 Å². The van der Waals surface area contributed by atoms with Crippen molar-refractivity contribution in [2.75, 3.05) is 31.1 Å². The second-order valence-corrected chi connectivity index (χ2v) is 8.67. The number of fused-ring (bicyclic) bond motifs is 1. The molecule has 1 fully saturated rings. The summed E-state index contributed by atoms with van der Waals surface area (Å²) < 4.78 is 15.4. The van der Waals surface area contributed by atoms with E-state index < -0.39 is 0 Å². The van der Waals surface area contributed by atoms with E-state index in [0.717, 1.165) is 65.0 Å². The normalized spacial score (nSPS) is 14.1. The van der Waals surface area contributed by atoms with Crippen molar-refractivity contribution >= 4 is 16.7 Å². The zero-order chi connectivity index (χ0) is 22.9. The number of anilines is 1. The maximum Gasteiger partial charge on any atom is 0.137 e. The molecule has 2 N–H and O–H groups in total. The van der Waals surface area contributed by atoms with E-state index in [0.29, 0.717) is 6.54 Å². The number of rotatable bonds is 5. The van der Waals surface area contributed by atoms with E-state index in [1.54, 1.807) is 6.07 Å². The summed E-state index contributed by atoms with van der Waals surface area (Å²) in [6.07, 6.45) is 7.74. The van der Waals surface area contributed by atoms with Gasteiger partial charge >= 0.3 is 0 Å². The Labute approximate surface area is 197 Å². The number of aromatic nitrogens is 4. The fourth-order valence-electron chi connectivity index (χ4n) is 4.62. The van der Waals surface area contributed by atoms with E-state index >= 15 is 0 Å². The van der Waals surface area contributed by atoms with Gasteiger partial charge in [0.1, 0.15) is 11.5 Å². The molecule has 0 atom stereocenters. The Hall–Kier alpha value is -3.97. The average Bonchev–Trinajstić information content (AvgIpc) is 3.51. The molecule has 170 valence electrons. The van der Waals surface area contributed by atoms with Crippen molar-refractivity contribution in [3.05, 3.63) is 90.8 Å². The van der Waals surface area contributed by atoms with Gasteiger partial charge in [-0.25, -0.2) is 9.37 Å². The first-order chi connectivity index (χ1) is 16.7. The van der Waals surface area contributed by atoms with Crippen LogP contribution in [0.1, 0.15) is 5.56 Å². The number of hydrogen-bond acceptors (Lipinski definition) is 4. The zero-order valence-corrected chi connectivity index (χ0v) is 18.7. The Morgan fingerprint density at radius 1 is 0.912 bits per heavy atom. The molecule has 1 saturated heterocycles. The summed E-state index contributed by atoms with van der Waals surface area (Å²) in [5, 5.41) is 8.96. The summed E-state index contributed by atoms with van der Waals surface area (Å²) in [6.45, 7) is 4.57. The van der Waals surface area contributed by atoms with Crippen molar-refractivity contribution in [2.24, 2.45) is 0 Å². The summed E-state index contributed by atoms with van der Waals surface area (Å²) in [5.41, 5.74) is 7.24. The van der Waals surface area contributed by atoms with Crippen LogP contribution in [0.5, 0.6) is 0 Å². The van der Waals surface area contributed by atoms with E-state index in [1.165, 1.54) is 17.8 Å². The molecule has 0 unspecified atom stereocenters. The first kappa shape index (κ1) is 20.6. The topological polar surface area (TPSA) is 61.8 Å². The minimum absolute atomic E-state index is 0.235. The third kappa shape index (κ3) is 4.06. The molecular weight excluding hydrogens is 427 g/mol. The number of hydrogen-bond donors (Lipinski definition) is 2. The smallest absolute Gasteiger partial charge is 0.137 e. The molecule has 5 aromatic rings. The maximum atomic E-state index is 13.5. The van der Waals surface area contributed by atoms with E-state index in [9.17, 15) is 4.39 Å². The van der Waals surface area contributed by atoms with Crippen LogP contribution in [0.25, 0.3) is 33.3 Å². The molecule has 34 heavy (non-hydrogen) atoms. The second kappa shape index (κ2) is 8.76. The van der Waals surface area contributed by atoms with Crippen LogP contribution in [0.3, 0.4) is 0 Å². The number of aromatic amines is 1. The number of nitrogens with zero attached hydrogens (tertiary/aromatic N) is 4. The fourth-order valence-corrected chi connectivity index (χ4v) is 4.62. The van der Waals surface area contributed by atoms with Crippen LogP contribution in [0.15, 0.2) is 79.4 Å². The Bertz CT molecular complexity index is 1450. The van der Waals surface area contributed by atoms with Gasteiger partial charge in [-0.1, -0.05) is 24.3 Å². The molecule has 3 aromatic heterocycles. The monoisotopic (exact) mass is 452 g/mol. The molecule has 1 aliphatic heterocycles. The Kier molecular flexibility index (Phi) is 5.31. The van der Waals surface area contributed by atoms with Gasteiger partial charge in [0.15, 0.2) is 0 Å². The average molecular weight is 453 g/mol. The van der Waals surface area contributed by atoms with Crippen LogP contribution in [-0.2, 0) is 6.54 Å². The third-order valence-corrected chi connectivity index (χ3v) is 6.37. The van der Waals surface area contributed by atoms with E-state index in [1.807, 2.05) is 35.5 Å². The minimum atomic E-state index is -0.235. The number of nitrogens with one attached hydrogen (secondary N) is 2. The molecular formula is C27H25FN6. The highest BCUT2D eigenvalue weighted by molar-refractivity contribution is 5.95. The zero-order valence-electron chi connectivity index (χ0n) is 18.7. The molecule has 0 radical (unpaired) electrons. The standard InChI is InChI=1S/C27H25FN6/c28-23-5-1-3-19(11-23)17-34-18-22(15-32-34)26-16-31-27-25(26)13-21(14-30-27)20-4-2-6-24(12-20)33-9-7-29-8-10-33/h1-6,11-16,18,29H,7-10,17H2,(H,30,31). The number of H-pyrrole nitrogens is 1. The molecule has 2 aromatic carbocycles. The molecule has 0 saturated carbocycles. The molecule has 7 heteroatoms. The van der Waals surface area contributed by atoms with Crippen LogP contribution < -0.4 is 10.2 Å². The molecule has 1 aliphatic rings. The molecule has 0 aliphatic carbocycles. The second-order valence-electron chi connectivity index (χ2n) is 8.67. The number of benzene rings is 2. The van der Waals surface area contributed by atoms with Crippen LogP contribution in [0, 0.1) is 5.82 Å². The van der Waals surface area contributed by atoms with Gasteiger partial charge in [-0.3, -0.25) is 4.68 Å². The largest absolute Gasteiger partial charge is 0.369 e. The summed E-state index contributed by atoms with van der Waals surface area (Å²) in [5.74, 6) is -0.235. The summed E-state index contributed by atoms with van der Waals surface area (Å²) in [4.78, 5) is 10.4. The van der Waals surface area contributed by atoms with Gasteiger partial charge in [0.05, 0.1) is 12.7 Å². The lowest BCUT2D eigenvalue weighted by Gasteiger charge is -2.29. The Morgan fingerprint density at radius 3 is 2.68 bits per heavy atom. The SMILES string of the molecule is Fc1cccc(Cn2cc(-c3c[nH]c4ncc(-c5cccc(N6CCNCC6)c5)cc34)cn2)c1. The van der Waals surface area contributed by atoms with Gasteiger partial charge in [-0.2, -0.15) is 5.10 Å². The van der Waals surface area contributed by atoms with Gasteiger partial charge in [0.25, 0.3) is 0 Å². The van der Waals surface area contributed by atoms with Crippen molar-refractivity contribution < 1.29 is 4.39 Å². The summed E-state index contributed by atoms with van der Waals surface area (Å²) in [7, 11) is 0. The number of pyridine rings is 1. The predicted octanol–water partition coefficient (Wildman–Crippen LogP) is 4.69. The Morgan fingerprint density at radius 2 is 1.79 bits per heavy atom. The lowest BCUT2D eigenvalue weighted by atomic mass is 10.0. The van der Waals surface area contributed by atoms with Crippen LogP contribution in [0.2, 0.25) is 0 Å². The molecule has 0 bridgehead atoms. The molecule has 6 nitrogen and oxygen atoms in total. The minimum Gasteiger partial charge on any atom is -0.369 e. The molecule has 0 amide bonds. The summed E-state index contributed by atoms with van der Waals surface area (Å²) in [6, 6.07) is 17.5. The van der Waals surface area contributed by atoms with Gasteiger partial charge < -0.3 is 15.2 Å². The highest BCUT2D eigenvalue weighted by Crippen LogP contribution is 2.32. The van der Waals surface area contributed by atoms with Gasteiger partial charge in [-0.05, 0) is 41.5 Å². The molecule has 4 heterocycles. The van der Waals surface area contributed by atoms with Crippen LogP contribution >= 0.6 is 0 Å². The van der Waals surface area contributed by atoms with E-state index in [-0.39, 0.29) is 5.82 Å². The van der Waals surface area contributed by atoms with Crippen LogP contribution in [-0.4, -0.2) is 45.9 Å². The Balaban J connectivity index is 1.31. The predicted molar refractivity (Wildman–Crippen MR) is 133 cm³/mol. The fraction of sp³-hybridized carbons (Fsp3) is 0.185. The van der Waals surface area contributed by atoms with E-state index in [4.69, 9.17) is 0 Å². The number of halogens is 1. The third-order valence-electron chi connectivity index (χ3n) is 6.37. The van der Waals surface area contributed by atoms with Gasteiger partial charge in [0.2, 0.25) is 0 Å². The van der Waals surface area contributed by atoms with Crippen molar-refractivity contribution in [2.45, 2.75) is 6.54 Å². The van der Waals surface area contributed by atoms with Gasteiger partial charge in [-0.15, -0.1) is 0 Å². The van der Waals surface area contributed by atoms with E-state index in [2.05, 4.69) is 55.6 Å². The molecule has 6 rings (SSSR count). The van der Waals surface area contributed by atoms with Crippen molar-refractivity contribution in [3.8, 4) is 22.3 Å². The quantitative estimate of drug-likeness (QED) is 0.406. The lowest BCUT2D eigenvalue weighted by Crippen LogP contribution is -2.43. The van der Waals surface area contributed by atoms with Crippen molar-refractivity contribution in [3.63, 3.8) is 0 Å². The highest BCUT2D eigenvalue weighted by Gasteiger charge is 2.14. The first-order valence-electron chi connectivity index (χ1n) is 11.5. The summed E-state index contributed by atoms with van der Waals surface area (Å²) >= 11 is 0. The maximum absolute atomic E-state index is 13.5.